The molecule has 9 heteroatoms. The summed E-state index contributed by atoms with van der Waals surface area (Å²) in [6.45, 7) is 0. The number of amidine groups is 1. The highest BCUT2D eigenvalue weighted by molar-refractivity contribution is 8.15. The zero-order chi connectivity index (χ0) is 16.1. The van der Waals surface area contributed by atoms with E-state index >= 15 is 0 Å². The molecule has 2 rings (SSSR count). The lowest BCUT2D eigenvalue weighted by Crippen LogP contribution is -2.23. The number of guanidine groups is 1. The molecule has 1 aromatic rings. The van der Waals surface area contributed by atoms with Gasteiger partial charge in [0.15, 0.2) is 11.1 Å². The molecule has 0 unspecified atom stereocenters. The predicted octanol–water partition coefficient (Wildman–Crippen LogP) is 0.295. The van der Waals surface area contributed by atoms with Gasteiger partial charge in [0.2, 0.25) is 5.91 Å². The Labute approximate surface area is 131 Å². The largest absolute Gasteiger partial charge is 0.497 e. The Kier molecular flexibility index (Phi) is 4.99. The summed E-state index contributed by atoms with van der Waals surface area (Å²) in [5, 5.41) is 2.26. The number of anilines is 1. The minimum atomic E-state index is -0.614. The fourth-order valence-corrected chi connectivity index (χ4v) is 2.66. The van der Waals surface area contributed by atoms with Crippen LogP contribution in [0.2, 0.25) is 0 Å². The van der Waals surface area contributed by atoms with Gasteiger partial charge in [0.25, 0.3) is 5.91 Å². The number of carbonyl (C=O) groups excluding carboxylic acids is 2. The summed E-state index contributed by atoms with van der Waals surface area (Å²) in [5.74, 6) is -0.204. The minimum absolute atomic E-state index is 0.0114. The summed E-state index contributed by atoms with van der Waals surface area (Å²) in [4.78, 5) is 31.0. The van der Waals surface area contributed by atoms with E-state index in [0.717, 1.165) is 11.8 Å². The Morgan fingerprint density at radius 2 is 2.09 bits per heavy atom. The Hall–Kier alpha value is -2.55. The van der Waals surface area contributed by atoms with Gasteiger partial charge in [-0.15, -0.1) is 0 Å². The summed E-state index contributed by atoms with van der Waals surface area (Å²) in [7, 11) is 1.56. The molecule has 1 atom stereocenters. The molecule has 0 saturated carbocycles. The van der Waals surface area contributed by atoms with Crippen LogP contribution in [0.15, 0.2) is 34.3 Å². The number of benzene rings is 1. The van der Waals surface area contributed by atoms with Gasteiger partial charge >= 0.3 is 0 Å². The number of rotatable bonds is 4. The van der Waals surface area contributed by atoms with Gasteiger partial charge in [-0.05, 0) is 24.3 Å². The molecule has 2 amide bonds. The number of nitrogens with one attached hydrogen (secondary N) is 1. The first kappa shape index (κ1) is 15.8. The van der Waals surface area contributed by atoms with E-state index in [0.29, 0.717) is 11.4 Å². The molecule has 0 spiro atoms. The normalized spacial score (nSPS) is 16.9. The highest BCUT2D eigenvalue weighted by Gasteiger charge is 2.30. The second-order valence-electron chi connectivity index (χ2n) is 4.36. The first-order valence-electron chi connectivity index (χ1n) is 6.30. The van der Waals surface area contributed by atoms with Gasteiger partial charge in [0.05, 0.1) is 7.11 Å². The lowest BCUT2D eigenvalue weighted by molar-refractivity contribution is -0.121. The Bertz CT molecular complexity index is 638. The van der Waals surface area contributed by atoms with Crippen LogP contribution in [-0.4, -0.2) is 35.3 Å². The van der Waals surface area contributed by atoms with E-state index in [1.165, 1.54) is 0 Å². The van der Waals surface area contributed by atoms with Crippen LogP contribution >= 0.6 is 11.8 Å². The highest BCUT2D eigenvalue weighted by Crippen LogP contribution is 2.26. The molecule has 8 nitrogen and oxygen atoms in total. The number of nitrogens with zero attached hydrogens (tertiary/aromatic N) is 2. The summed E-state index contributed by atoms with van der Waals surface area (Å²) in [6.07, 6.45) is -0.0114. The van der Waals surface area contributed by atoms with E-state index in [-0.39, 0.29) is 23.5 Å². The lowest BCUT2D eigenvalue weighted by Gasteiger charge is -2.08. The van der Waals surface area contributed by atoms with Gasteiger partial charge in [0.1, 0.15) is 11.0 Å². The van der Waals surface area contributed by atoms with Crippen molar-refractivity contribution in [3.63, 3.8) is 0 Å². The number of hydrogen-bond acceptors (Lipinski definition) is 5. The molecule has 22 heavy (non-hydrogen) atoms. The molecule has 0 bridgehead atoms. The van der Waals surface area contributed by atoms with Crippen LogP contribution in [0.5, 0.6) is 5.75 Å². The van der Waals surface area contributed by atoms with Crippen LogP contribution in [0, 0.1) is 0 Å². The van der Waals surface area contributed by atoms with Crippen LogP contribution < -0.4 is 21.5 Å². The fourth-order valence-electron chi connectivity index (χ4n) is 1.72. The fraction of sp³-hybridized carbons (Fsp3) is 0.231. The summed E-state index contributed by atoms with van der Waals surface area (Å²) >= 11 is 1.06. The van der Waals surface area contributed by atoms with Crippen LogP contribution in [0.25, 0.3) is 0 Å². The van der Waals surface area contributed by atoms with Crippen LogP contribution in [0.1, 0.15) is 6.42 Å². The molecule has 1 heterocycles. The Balaban J connectivity index is 1.90. The lowest BCUT2D eigenvalue weighted by atomic mass is 10.2. The zero-order valence-electron chi connectivity index (χ0n) is 11.8. The second kappa shape index (κ2) is 6.94. The van der Waals surface area contributed by atoms with Gasteiger partial charge in [-0.2, -0.15) is 9.98 Å². The van der Waals surface area contributed by atoms with Gasteiger partial charge in [-0.1, -0.05) is 11.8 Å². The van der Waals surface area contributed by atoms with Crippen molar-refractivity contribution in [1.29, 1.82) is 0 Å². The third-order valence-corrected chi connectivity index (χ3v) is 3.74. The standard InChI is InChI=1S/C13H15N5O3S/c1-21-8-4-2-7(3-5-8)16-10(19)6-9-11(20)17-13(22-9)18-12(14)15/h2-5,9H,6H2,1H3,(H,16,19)(H4,14,15,17,18,20)/t9-/m1/s1. The van der Waals surface area contributed by atoms with Gasteiger partial charge in [0, 0.05) is 12.1 Å². The van der Waals surface area contributed by atoms with Crippen molar-refractivity contribution in [2.45, 2.75) is 11.7 Å². The van der Waals surface area contributed by atoms with Crippen LogP contribution in [0.3, 0.4) is 0 Å². The highest BCUT2D eigenvalue weighted by atomic mass is 32.2. The topological polar surface area (TPSA) is 132 Å². The Morgan fingerprint density at radius 1 is 1.41 bits per heavy atom. The molecule has 0 saturated heterocycles. The van der Waals surface area contributed by atoms with E-state index in [1.807, 2.05) is 0 Å². The summed E-state index contributed by atoms with van der Waals surface area (Å²) < 4.78 is 5.03. The number of hydrogen-bond donors (Lipinski definition) is 3. The number of amides is 2. The van der Waals surface area contributed by atoms with Crippen molar-refractivity contribution in [1.82, 2.24) is 0 Å². The van der Waals surface area contributed by atoms with Crippen molar-refractivity contribution in [3.8, 4) is 5.75 Å². The monoisotopic (exact) mass is 321 g/mol. The third kappa shape index (κ3) is 4.22. The molecule has 5 N–H and O–H groups in total. The smallest absolute Gasteiger partial charge is 0.262 e. The van der Waals surface area contributed by atoms with Crippen LogP contribution in [0.4, 0.5) is 5.69 Å². The van der Waals surface area contributed by atoms with Crippen molar-refractivity contribution >= 4 is 40.4 Å². The molecule has 1 aliphatic rings. The molecule has 0 radical (unpaired) electrons. The quantitative estimate of drug-likeness (QED) is 0.539. The SMILES string of the molecule is COc1ccc(NC(=O)C[C@H]2SC(N=C(N)N)=NC2=O)cc1. The van der Waals surface area contributed by atoms with Gasteiger partial charge in [-0.3, -0.25) is 9.59 Å². The number of aliphatic imine (C=N–C) groups is 2. The molecule has 0 aromatic heterocycles. The summed E-state index contributed by atoms with van der Waals surface area (Å²) in [6, 6.07) is 6.87. The van der Waals surface area contributed by atoms with Crippen molar-refractivity contribution < 1.29 is 14.3 Å². The van der Waals surface area contributed by atoms with Gasteiger partial charge in [-0.25, -0.2) is 0 Å². The molecular formula is C13H15N5O3S. The first-order chi connectivity index (χ1) is 10.5. The van der Waals surface area contributed by atoms with Crippen molar-refractivity contribution in [2.24, 2.45) is 21.5 Å². The van der Waals surface area contributed by atoms with Crippen molar-refractivity contribution in [3.05, 3.63) is 24.3 Å². The average Bonchev–Trinajstić information content (AvgIpc) is 2.78. The molecule has 1 aromatic carbocycles. The molecule has 116 valence electrons. The minimum Gasteiger partial charge on any atom is -0.497 e. The van der Waals surface area contributed by atoms with Gasteiger partial charge < -0.3 is 21.5 Å². The number of carbonyl (C=O) groups is 2. The molecule has 1 aliphatic heterocycles. The first-order valence-corrected chi connectivity index (χ1v) is 7.18. The molecule has 0 aliphatic carbocycles. The number of thioether (sulfide) groups is 1. The number of methoxy groups -OCH3 is 1. The average molecular weight is 321 g/mol. The maximum absolute atomic E-state index is 12.0. The predicted molar refractivity (Wildman–Crippen MR) is 85.9 cm³/mol. The zero-order valence-corrected chi connectivity index (χ0v) is 12.6. The van der Waals surface area contributed by atoms with E-state index in [4.69, 9.17) is 16.2 Å². The van der Waals surface area contributed by atoms with Crippen LogP contribution in [-0.2, 0) is 9.59 Å². The number of nitrogens with two attached hydrogens (primary N) is 2. The molecular weight excluding hydrogens is 306 g/mol. The number of ether oxygens (including phenoxy) is 1. The molecule has 0 fully saturated rings. The third-order valence-electron chi connectivity index (χ3n) is 2.70. The van der Waals surface area contributed by atoms with E-state index in [2.05, 4.69) is 15.3 Å². The maximum Gasteiger partial charge on any atom is 0.262 e. The maximum atomic E-state index is 12.0. The second-order valence-corrected chi connectivity index (χ2v) is 5.53. The Morgan fingerprint density at radius 3 is 2.68 bits per heavy atom. The van der Waals surface area contributed by atoms with E-state index < -0.39 is 11.2 Å². The summed E-state index contributed by atoms with van der Waals surface area (Å²) in [5.41, 5.74) is 11.1. The van der Waals surface area contributed by atoms with E-state index in [9.17, 15) is 9.59 Å². The van der Waals surface area contributed by atoms with Crippen molar-refractivity contribution in [2.75, 3.05) is 12.4 Å². The van der Waals surface area contributed by atoms with E-state index in [1.54, 1.807) is 31.4 Å².